The minimum absolute atomic E-state index is 0.0150. The van der Waals surface area contributed by atoms with Crippen molar-refractivity contribution in [2.75, 3.05) is 25.1 Å². The quantitative estimate of drug-likeness (QED) is 0.682. The topological polar surface area (TPSA) is 116 Å². The fourth-order valence-corrected chi connectivity index (χ4v) is 2.15. The van der Waals surface area contributed by atoms with Crippen molar-refractivity contribution in [1.29, 1.82) is 0 Å². The van der Waals surface area contributed by atoms with Crippen LogP contribution < -0.4 is 10.5 Å². The highest BCUT2D eigenvalue weighted by molar-refractivity contribution is 7.89. The van der Waals surface area contributed by atoms with E-state index in [0.29, 0.717) is 5.82 Å². The third-order valence-corrected chi connectivity index (χ3v) is 3.90. The second-order valence-corrected chi connectivity index (χ2v) is 5.83. The molecule has 1 aromatic rings. The molecule has 0 aliphatic rings. The molecule has 0 atom stereocenters. The normalized spacial score (nSPS) is 11.5. The molecule has 0 spiro atoms. The predicted octanol–water partition coefficient (Wildman–Crippen LogP) is -0.500. The molecule has 0 aliphatic heterocycles. The van der Waals surface area contributed by atoms with Gasteiger partial charge in [-0.2, -0.15) is 0 Å². The van der Waals surface area contributed by atoms with Gasteiger partial charge in [0.05, 0.1) is 12.4 Å². The van der Waals surface area contributed by atoms with Crippen LogP contribution in [0.5, 0.6) is 0 Å². The van der Waals surface area contributed by atoms with E-state index in [-0.39, 0.29) is 30.4 Å². The molecular weight excluding hydrogens is 272 g/mol. The Hall–Kier alpha value is -1.61. The third-order valence-electron chi connectivity index (χ3n) is 2.56. The maximum absolute atomic E-state index is 11.6. The lowest BCUT2D eigenvalue weighted by atomic mass is 10.4. The summed E-state index contributed by atoms with van der Waals surface area (Å²) in [5.74, 6) is -0.180. The first-order valence-electron chi connectivity index (χ1n) is 5.73. The third kappa shape index (κ3) is 3.67. The average molecular weight is 290 g/mol. The molecule has 8 nitrogen and oxygen atoms in total. The molecule has 0 aromatic carbocycles. The molecule has 1 heterocycles. The summed E-state index contributed by atoms with van der Waals surface area (Å²) in [7, 11) is -2.01. The molecule has 1 aromatic heterocycles. The Bertz CT molecular complexity index is 564. The molecule has 0 aliphatic carbocycles. The highest BCUT2D eigenvalue weighted by Gasteiger charge is 2.20. The van der Waals surface area contributed by atoms with Gasteiger partial charge in [-0.3, -0.25) is 0 Å². The summed E-state index contributed by atoms with van der Waals surface area (Å²) >= 11 is 0. The number of nitrogens with two attached hydrogens (primary N) is 1. The van der Waals surface area contributed by atoms with Gasteiger partial charge in [0.1, 0.15) is 11.6 Å². The second kappa shape index (κ2) is 6.02. The number of nitrogens with one attached hydrogen (secondary N) is 1. The Balaban J connectivity index is 2.95. The molecule has 0 fully saturated rings. The van der Waals surface area contributed by atoms with Gasteiger partial charge in [0.2, 0.25) is 10.0 Å². The van der Waals surface area contributed by atoms with Crippen molar-refractivity contribution in [2.24, 2.45) is 0 Å². The number of imidazole rings is 1. The number of sulfonamides is 1. The first kappa shape index (κ1) is 15.4. The van der Waals surface area contributed by atoms with Crippen molar-refractivity contribution in [3.63, 3.8) is 0 Å². The minimum Gasteiger partial charge on any atom is -0.461 e. The van der Waals surface area contributed by atoms with E-state index in [1.165, 1.54) is 11.6 Å². The number of rotatable bonds is 6. The van der Waals surface area contributed by atoms with Gasteiger partial charge in [-0.05, 0) is 20.9 Å². The summed E-state index contributed by atoms with van der Waals surface area (Å²) in [6, 6.07) is 0. The SMILES string of the molecule is CCOC(=O)c1nc(C)n(CCS(=O)(=O)NC)c1N. The number of hydrogen-bond donors (Lipinski definition) is 2. The van der Waals surface area contributed by atoms with Gasteiger partial charge in [-0.15, -0.1) is 0 Å². The van der Waals surface area contributed by atoms with Crippen LogP contribution in [-0.2, 0) is 21.3 Å². The lowest BCUT2D eigenvalue weighted by molar-refractivity contribution is 0.0521. The number of ether oxygens (including phenoxy) is 1. The summed E-state index contributed by atoms with van der Waals surface area (Å²) in [5, 5.41) is 0. The van der Waals surface area contributed by atoms with Crippen LogP contribution in [0.2, 0.25) is 0 Å². The zero-order valence-corrected chi connectivity index (χ0v) is 12.0. The van der Waals surface area contributed by atoms with Crippen LogP contribution >= 0.6 is 0 Å². The Labute approximate surface area is 112 Å². The van der Waals surface area contributed by atoms with E-state index >= 15 is 0 Å². The fourth-order valence-electron chi connectivity index (χ4n) is 1.53. The van der Waals surface area contributed by atoms with Crippen LogP contribution in [0, 0.1) is 6.92 Å². The van der Waals surface area contributed by atoms with E-state index in [1.54, 1.807) is 13.8 Å². The maximum atomic E-state index is 11.6. The molecule has 0 amide bonds. The van der Waals surface area contributed by atoms with Crippen LogP contribution in [0.1, 0.15) is 23.2 Å². The Morgan fingerprint density at radius 1 is 1.53 bits per heavy atom. The van der Waals surface area contributed by atoms with Crippen molar-refractivity contribution >= 4 is 21.8 Å². The van der Waals surface area contributed by atoms with Gasteiger partial charge < -0.3 is 15.0 Å². The lowest BCUT2D eigenvalue weighted by Gasteiger charge is -2.07. The second-order valence-electron chi connectivity index (χ2n) is 3.79. The summed E-state index contributed by atoms with van der Waals surface area (Å²) in [6.07, 6.45) is 0. The van der Waals surface area contributed by atoms with Crippen molar-refractivity contribution in [1.82, 2.24) is 14.3 Å². The highest BCUT2D eigenvalue weighted by Crippen LogP contribution is 2.15. The number of esters is 1. The number of carbonyl (C=O) groups is 1. The van der Waals surface area contributed by atoms with Crippen molar-refractivity contribution in [3.05, 3.63) is 11.5 Å². The molecule has 9 heteroatoms. The van der Waals surface area contributed by atoms with Gasteiger partial charge in [-0.1, -0.05) is 0 Å². The minimum atomic E-state index is -3.34. The van der Waals surface area contributed by atoms with Crippen LogP contribution in [0.15, 0.2) is 0 Å². The van der Waals surface area contributed by atoms with E-state index in [4.69, 9.17) is 10.5 Å². The summed E-state index contributed by atoms with van der Waals surface area (Å²) < 4.78 is 31.2. The number of carbonyl (C=O) groups excluding carboxylic acids is 1. The Morgan fingerprint density at radius 3 is 2.68 bits per heavy atom. The molecule has 0 saturated carbocycles. The zero-order valence-electron chi connectivity index (χ0n) is 11.1. The lowest BCUT2D eigenvalue weighted by Crippen LogP contribution is -2.25. The van der Waals surface area contributed by atoms with Crippen LogP contribution in [0.3, 0.4) is 0 Å². The van der Waals surface area contributed by atoms with Crippen molar-refractivity contribution < 1.29 is 17.9 Å². The van der Waals surface area contributed by atoms with E-state index in [9.17, 15) is 13.2 Å². The molecular formula is C10H18N4O4S. The summed E-state index contributed by atoms with van der Waals surface area (Å²) in [6.45, 7) is 3.66. The summed E-state index contributed by atoms with van der Waals surface area (Å²) in [5.41, 5.74) is 5.81. The number of aromatic nitrogens is 2. The van der Waals surface area contributed by atoms with Crippen LogP contribution in [0.25, 0.3) is 0 Å². The standard InChI is InChI=1S/C10H18N4O4S/c1-4-18-10(15)8-9(11)14(7(2)13-8)5-6-19(16,17)12-3/h12H,4-6,11H2,1-3H3. The Kier molecular flexibility index (Phi) is 4.90. The largest absolute Gasteiger partial charge is 0.461 e. The number of nitrogens with zero attached hydrogens (tertiary/aromatic N) is 2. The number of anilines is 1. The number of nitrogen functional groups attached to an aromatic ring is 1. The molecule has 1 rings (SSSR count). The van der Waals surface area contributed by atoms with E-state index in [0.717, 1.165) is 0 Å². The molecule has 0 radical (unpaired) electrons. The van der Waals surface area contributed by atoms with Crippen molar-refractivity contribution in [3.8, 4) is 0 Å². The monoisotopic (exact) mass is 290 g/mol. The number of hydrogen-bond acceptors (Lipinski definition) is 6. The highest BCUT2D eigenvalue weighted by atomic mass is 32.2. The molecule has 0 bridgehead atoms. The van der Waals surface area contributed by atoms with E-state index in [2.05, 4.69) is 9.71 Å². The van der Waals surface area contributed by atoms with Gasteiger partial charge in [-0.25, -0.2) is 22.9 Å². The van der Waals surface area contributed by atoms with E-state index < -0.39 is 16.0 Å². The van der Waals surface area contributed by atoms with Gasteiger partial charge in [0.25, 0.3) is 0 Å². The first-order valence-corrected chi connectivity index (χ1v) is 7.38. The van der Waals surface area contributed by atoms with Crippen LogP contribution in [0.4, 0.5) is 5.82 Å². The van der Waals surface area contributed by atoms with Gasteiger partial charge in [0, 0.05) is 6.54 Å². The molecule has 19 heavy (non-hydrogen) atoms. The summed E-state index contributed by atoms with van der Waals surface area (Å²) in [4.78, 5) is 15.6. The average Bonchev–Trinajstić information content (AvgIpc) is 2.63. The zero-order chi connectivity index (χ0) is 14.6. The first-order chi connectivity index (χ1) is 8.82. The molecule has 0 saturated heterocycles. The fraction of sp³-hybridized carbons (Fsp3) is 0.600. The van der Waals surface area contributed by atoms with Crippen molar-refractivity contribution in [2.45, 2.75) is 20.4 Å². The Morgan fingerprint density at radius 2 is 2.16 bits per heavy atom. The molecule has 0 unspecified atom stereocenters. The van der Waals surface area contributed by atoms with Crippen LogP contribution in [-0.4, -0.2) is 43.3 Å². The smallest absolute Gasteiger partial charge is 0.360 e. The molecule has 3 N–H and O–H groups in total. The number of aryl methyl sites for hydroxylation is 1. The maximum Gasteiger partial charge on any atom is 0.360 e. The van der Waals surface area contributed by atoms with Gasteiger partial charge >= 0.3 is 5.97 Å². The van der Waals surface area contributed by atoms with E-state index in [1.807, 2.05) is 0 Å². The predicted molar refractivity (Wildman–Crippen MR) is 70.2 cm³/mol. The molecule has 108 valence electrons. The van der Waals surface area contributed by atoms with Gasteiger partial charge in [0.15, 0.2) is 5.69 Å².